The molecule has 0 unspecified atom stereocenters. The van der Waals surface area contributed by atoms with Crippen molar-refractivity contribution in [3.63, 3.8) is 0 Å². The molecule has 2 rings (SSSR count). The van der Waals surface area contributed by atoms with Gasteiger partial charge in [0, 0.05) is 16.3 Å². The maximum Gasteiger partial charge on any atom is 0.314 e. The summed E-state index contributed by atoms with van der Waals surface area (Å²) in [6.07, 6.45) is 0. The zero-order valence-corrected chi connectivity index (χ0v) is 14.2. The van der Waals surface area contributed by atoms with Crippen molar-refractivity contribution in [2.45, 2.75) is 24.7 Å². The molecule has 0 aliphatic heterocycles. The van der Waals surface area contributed by atoms with Crippen LogP contribution in [0.25, 0.3) is 0 Å². The highest BCUT2D eigenvalue weighted by Crippen LogP contribution is 2.19. The molecule has 6 heteroatoms. The van der Waals surface area contributed by atoms with E-state index in [0.717, 1.165) is 22.2 Å². The van der Waals surface area contributed by atoms with Crippen LogP contribution in [0.3, 0.4) is 0 Å². The van der Waals surface area contributed by atoms with Crippen LogP contribution in [0.5, 0.6) is 0 Å². The van der Waals surface area contributed by atoms with Gasteiger partial charge in [-0.25, -0.2) is 0 Å². The molecule has 2 aromatic rings. The molecule has 24 heavy (non-hydrogen) atoms. The van der Waals surface area contributed by atoms with Gasteiger partial charge < -0.3 is 10.6 Å². The van der Waals surface area contributed by atoms with E-state index in [2.05, 4.69) is 24.5 Å². The summed E-state index contributed by atoms with van der Waals surface area (Å²) in [5.74, 6) is -1.08. The second kappa shape index (κ2) is 8.18. The SMILES string of the molecule is CC(C)c1ccc(NC(=O)C(=O)Nc2ccc(SC#N)cc2)cc1. The molecule has 5 nitrogen and oxygen atoms in total. The van der Waals surface area contributed by atoms with Crippen molar-refractivity contribution in [1.29, 1.82) is 5.26 Å². The van der Waals surface area contributed by atoms with E-state index in [1.807, 2.05) is 17.5 Å². The van der Waals surface area contributed by atoms with Crippen LogP contribution in [-0.2, 0) is 9.59 Å². The van der Waals surface area contributed by atoms with Crippen LogP contribution in [0.4, 0.5) is 11.4 Å². The Kier molecular flexibility index (Phi) is 5.99. The molecule has 0 saturated heterocycles. The summed E-state index contributed by atoms with van der Waals surface area (Å²) in [7, 11) is 0. The zero-order valence-electron chi connectivity index (χ0n) is 13.4. The number of thioether (sulfide) groups is 1. The number of hydrogen-bond acceptors (Lipinski definition) is 4. The number of nitriles is 1. The molecule has 2 N–H and O–H groups in total. The molecule has 0 spiro atoms. The van der Waals surface area contributed by atoms with Gasteiger partial charge in [0.1, 0.15) is 5.40 Å². The van der Waals surface area contributed by atoms with Crippen molar-refractivity contribution in [3.05, 3.63) is 54.1 Å². The van der Waals surface area contributed by atoms with Crippen molar-refractivity contribution >= 4 is 35.0 Å². The van der Waals surface area contributed by atoms with Crippen molar-refractivity contribution in [3.8, 4) is 5.40 Å². The van der Waals surface area contributed by atoms with Crippen LogP contribution in [-0.4, -0.2) is 11.8 Å². The molecular formula is C18H17N3O2S. The van der Waals surface area contributed by atoms with Crippen LogP contribution in [0.2, 0.25) is 0 Å². The number of nitrogens with zero attached hydrogens (tertiary/aromatic N) is 1. The first kappa shape index (κ1) is 17.6. The number of amides is 2. The molecule has 0 fully saturated rings. The lowest BCUT2D eigenvalue weighted by atomic mass is 10.0. The molecule has 0 aromatic heterocycles. The van der Waals surface area contributed by atoms with Crippen LogP contribution >= 0.6 is 11.8 Å². The van der Waals surface area contributed by atoms with E-state index in [0.29, 0.717) is 17.3 Å². The van der Waals surface area contributed by atoms with Gasteiger partial charge in [-0.15, -0.1) is 0 Å². The average molecular weight is 339 g/mol. The number of nitrogens with one attached hydrogen (secondary N) is 2. The lowest BCUT2D eigenvalue weighted by Crippen LogP contribution is -2.29. The second-order valence-electron chi connectivity index (χ2n) is 5.40. The zero-order chi connectivity index (χ0) is 17.5. The highest BCUT2D eigenvalue weighted by Gasteiger charge is 2.14. The van der Waals surface area contributed by atoms with Crippen molar-refractivity contribution in [1.82, 2.24) is 0 Å². The number of hydrogen-bond donors (Lipinski definition) is 2. The third-order valence-electron chi connectivity index (χ3n) is 3.32. The molecule has 0 aliphatic carbocycles. The van der Waals surface area contributed by atoms with E-state index in [1.54, 1.807) is 36.4 Å². The van der Waals surface area contributed by atoms with Gasteiger partial charge in [0.2, 0.25) is 0 Å². The smallest absolute Gasteiger partial charge is 0.314 e. The molecule has 0 radical (unpaired) electrons. The topological polar surface area (TPSA) is 82.0 Å². The summed E-state index contributed by atoms with van der Waals surface area (Å²) in [6.45, 7) is 4.17. The highest BCUT2D eigenvalue weighted by molar-refractivity contribution is 8.03. The number of anilines is 2. The Hall–Kier alpha value is -2.78. The van der Waals surface area contributed by atoms with Gasteiger partial charge in [-0.3, -0.25) is 9.59 Å². The summed E-state index contributed by atoms with van der Waals surface area (Å²) < 4.78 is 0. The van der Waals surface area contributed by atoms with Crippen molar-refractivity contribution < 1.29 is 9.59 Å². The molecule has 0 bridgehead atoms. The largest absolute Gasteiger partial charge is 0.318 e. The van der Waals surface area contributed by atoms with Gasteiger partial charge >= 0.3 is 11.8 Å². The third kappa shape index (κ3) is 4.86. The summed E-state index contributed by atoms with van der Waals surface area (Å²) in [5, 5.41) is 15.6. The minimum absolute atomic E-state index is 0.403. The van der Waals surface area contributed by atoms with Crippen LogP contribution in [0.15, 0.2) is 53.4 Å². The summed E-state index contributed by atoms with van der Waals surface area (Å²) in [6, 6.07) is 14.1. The fourth-order valence-electron chi connectivity index (χ4n) is 1.99. The molecule has 0 atom stereocenters. The Morgan fingerprint density at radius 2 is 1.38 bits per heavy atom. The number of thiocyanates is 1. The summed E-state index contributed by atoms with van der Waals surface area (Å²) >= 11 is 1.03. The van der Waals surface area contributed by atoms with Crippen LogP contribution in [0, 0.1) is 10.7 Å². The predicted octanol–water partition coefficient (Wildman–Crippen LogP) is 3.96. The van der Waals surface area contributed by atoms with Gasteiger partial charge in [-0.05, 0) is 59.6 Å². The van der Waals surface area contributed by atoms with E-state index < -0.39 is 11.8 Å². The lowest BCUT2D eigenvalue weighted by Gasteiger charge is -2.09. The first-order valence-corrected chi connectivity index (χ1v) is 8.19. The van der Waals surface area contributed by atoms with E-state index >= 15 is 0 Å². The Morgan fingerprint density at radius 3 is 1.79 bits per heavy atom. The normalized spacial score (nSPS) is 10.1. The molecule has 2 aromatic carbocycles. The van der Waals surface area contributed by atoms with Gasteiger partial charge in [0.15, 0.2) is 0 Å². The first-order chi connectivity index (χ1) is 11.5. The molecular weight excluding hydrogens is 322 g/mol. The third-order valence-corrected chi connectivity index (χ3v) is 3.92. The lowest BCUT2D eigenvalue weighted by molar-refractivity contribution is -0.132. The maximum atomic E-state index is 11.9. The first-order valence-electron chi connectivity index (χ1n) is 7.38. The maximum absolute atomic E-state index is 11.9. The predicted molar refractivity (Wildman–Crippen MR) is 95.7 cm³/mol. The molecule has 0 aliphatic rings. The Bertz CT molecular complexity index is 762. The quantitative estimate of drug-likeness (QED) is 0.502. The molecule has 0 heterocycles. The van der Waals surface area contributed by atoms with Gasteiger partial charge in [0.25, 0.3) is 0 Å². The minimum atomic E-state index is -0.747. The van der Waals surface area contributed by atoms with Crippen LogP contribution in [0.1, 0.15) is 25.3 Å². The Balaban J connectivity index is 1.94. The van der Waals surface area contributed by atoms with E-state index in [9.17, 15) is 9.59 Å². The van der Waals surface area contributed by atoms with E-state index in [1.165, 1.54) is 0 Å². The van der Waals surface area contributed by atoms with Gasteiger partial charge in [-0.1, -0.05) is 26.0 Å². The Morgan fingerprint density at radius 1 is 0.917 bits per heavy atom. The van der Waals surface area contributed by atoms with Gasteiger partial charge in [-0.2, -0.15) is 5.26 Å². The second-order valence-corrected chi connectivity index (χ2v) is 6.26. The molecule has 0 saturated carbocycles. The van der Waals surface area contributed by atoms with E-state index in [-0.39, 0.29) is 0 Å². The molecule has 2 amide bonds. The van der Waals surface area contributed by atoms with Crippen molar-refractivity contribution in [2.24, 2.45) is 0 Å². The highest BCUT2D eigenvalue weighted by atomic mass is 32.2. The monoisotopic (exact) mass is 339 g/mol. The fraction of sp³-hybridized carbons (Fsp3) is 0.167. The number of benzene rings is 2. The number of carbonyl (C=O) groups excluding carboxylic acids is 2. The van der Waals surface area contributed by atoms with Crippen LogP contribution < -0.4 is 10.6 Å². The summed E-state index contributed by atoms with van der Waals surface area (Å²) in [4.78, 5) is 24.6. The minimum Gasteiger partial charge on any atom is -0.318 e. The summed E-state index contributed by atoms with van der Waals surface area (Å²) in [5.41, 5.74) is 2.22. The van der Waals surface area contributed by atoms with Crippen molar-refractivity contribution in [2.75, 3.05) is 10.6 Å². The van der Waals surface area contributed by atoms with E-state index in [4.69, 9.17) is 5.26 Å². The number of carbonyl (C=O) groups is 2. The standard InChI is InChI=1S/C18H17N3O2S/c1-12(2)13-3-5-14(6-4-13)20-17(22)18(23)21-15-7-9-16(10-8-15)24-11-19/h3-10,12H,1-2H3,(H,20,22)(H,21,23). The van der Waals surface area contributed by atoms with Gasteiger partial charge in [0.05, 0.1) is 0 Å². The Labute approximate surface area is 145 Å². The fourth-order valence-corrected chi connectivity index (χ4v) is 2.36. The number of rotatable bonds is 4. The molecule has 122 valence electrons. The average Bonchev–Trinajstić information content (AvgIpc) is 2.57.